The summed E-state index contributed by atoms with van der Waals surface area (Å²) in [5, 5.41) is 23.7. The highest BCUT2D eigenvalue weighted by atomic mass is 32.2. The van der Waals surface area contributed by atoms with Gasteiger partial charge in [0.05, 0.1) is 35.7 Å². The Morgan fingerprint density at radius 3 is 1.65 bits per heavy atom. The number of carbonyl (C=O) groups excluding carboxylic acids is 5. The van der Waals surface area contributed by atoms with Gasteiger partial charge in [-0.2, -0.15) is 0 Å². The highest BCUT2D eigenvalue weighted by Gasteiger charge is 2.39. The molecule has 1 fully saturated rings. The van der Waals surface area contributed by atoms with Crippen LogP contribution in [-0.2, 0) is 51.4 Å². The zero-order valence-corrected chi connectivity index (χ0v) is 40.1. The average molecular weight is 897 g/mol. The fraction of sp³-hybridized carbons (Fsp3) is 0.653. The third-order valence-electron chi connectivity index (χ3n) is 12.4. The summed E-state index contributed by atoms with van der Waals surface area (Å²) in [7, 11) is -2.47. The van der Waals surface area contributed by atoms with Gasteiger partial charge < -0.3 is 31.1 Å². The van der Waals surface area contributed by atoms with E-state index in [4.69, 9.17) is 4.74 Å². The standard InChI is InChI=1S/C49H76N4O9S/c1-31(2)38(45(56)53-43(33(5)6)47(58)51-40(48(59)62-10)28-36-24-18-13-19-25-36)29-41(54)39(27-35-22-16-12-17-23-35)50-46(57)42(32(3)4)52-44(55)37(26-34-20-14-11-15-21-34)30-63(60,61)49(7,8)9/h11,13-15,18-21,24-25,31-33,35,37-43,54H,12,16-17,22-23,26-30H2,1-10H3,(H,50,57)(H,51,58)(H,52,55)(H,53,56)/t37-,38+,39+,40?,41+,42+,43+/m1/s1. The largest absolute Gasteiger partial charge is 0.467 e. The Labute approximate surface area is 377 Å². The third kappa shape index (κ3) is 16.6. The number of carbonyl (C=O) groups is 5. The van der Waals surface area contributed by atoms with Crippen LogP contribution in [0.25, 0.3) is 0 Å². The van der Waals surface area contributed by atoms with Crippen LogP contribution in [0.2, 0.25) is 0 Å². The number of hydrogen-bond donors (Lipinski definition) is 5. The van der Waals surface area contributed by atoms with Crippen LogP contribution < -0.4 is 21.3 Å². The molecule has 1 saturated carbocycles. The summed E-state index contributed by atoms with van der Waals surface area (Å²) >= 11 is 0. The van der Waals surface area contributed by atoms with E-state index in [-0.39, 0.29) is 37.0 Å². The summed E-state index contributed by atoms with van der Waals surface area (Å²) in [5.41, 5.74) is 1.61. The van der Waals surface area contributed by atoms with E-state index in [1.54, 1.807) is 48.5 Å². The Bertz CT molecular complexity index is 1880. The van der Waals surface area contributed by atoms with Crippen LogP contribution in [0.1, 0.15) is 118 Å². The number of sulfone groups is 1. The molecule has 352 valence electrons. The van der Waals surface area contributed by atoms with Crippen molar-refractivity contribution in [1.29, 1.82) is 0 Å². The molecule has 3 rings (SSSR count). The molecular formula is C49H76N4O9S. The molecule has 63 heavy (non-hydrogen) atoms. The summed E-state index contributed by atoms with van der Waals surface area (Å²) in [6.07, 6.45) is 4.68. The second-order valence-electron chi connectivity index (χ2n) is 19.5. The summed E-state index contributed by atoms with van der Waals surface area (Å²) in [4.78, 5) is 69.0. The van der Waals surface area contributed by atoms with Crippen molar-refractivity contribution in [2.45, 2.75) is 155 Å². The molecule has 0 heterocycles. The van der Waals surface area contributed by atoms with E-state index < -0.39 is 98.0 Å². The van der Waals surface area contributed by atoms with Gasteiger partial charge in [-0.3, -0.25) is 19.2 Å². The quantitative estimate of drug-likeness (QED) is 0.0867. The lowest BCUT2D eigenvalue weighted by Crippen LogP contribution is -2.57. The summed E-state index contributed by atoms with van der Waals surface area (Å²) in [6.45, 7) is 15.7. The smallest absolute Gasteiger partial charge is 0.328 e. The Morgan fingerprint density at radius 1 is 0.683 bits per heavy atom. The van der Waals surface area contributed by atoms with Crippen LogP contribution >= 0.6 is 0 Å². The van der Waals surface area contributed by atoms with Crippen molar-refractivity contribution in [3.8, 4) is 0 Å². The van der Waals surface area contributed by atoms with E-state index in [1.165, 1.54) is 7.11 Å². The lowest BCUT2D eigenvalue weighted by atomic mass is 9.81. The van der Waals surface area contributed by atoms with Gasteiger partial charge in [-0.25, -0.2) is 13.2 Å². The van der Waals surface area contributed by atoms with Gasteiger partial charge in [0, 0.05) is 12.3 Å². The number of aliphatic hydroxyl groups is 1. The first-order chi connectivity index (χ1) is 29.5. The molecule has 1 unspecified atom stereocenters. The Hall–Kier alpha value is -4.30. The molecule has 0 bridgehead atoms. The molecule has 13 nitrogen and oxygen atoms in total. The summed E-state index contributed by atoms with van der Waals surface area (Å²) in [5.74, 6) is -5.58. The van der Waals surface area contributed by atoms with Gasteiger partial charge >= 0.3 is 5.97 Å². The van der Waals surface area contributed by atoms with Crippen molar-refractivity contribution < 1.29 is 42.2 Å². The van der Waals surface area contributed by atoms with Crippen molar-refractivity contribution in [3.63, 3.8) is 0 Å². The van der Waals surface area contributed by atoms with Gasteiger partial charge in [0.2, 0.25) is 23.6 Å². The second kappa shape index (κ2) is 24.7. The van der Waals surface area contributed by atoms with Crippen LogP contribution in [0.3, 0.4) is 0 Å². The molecule has 4 amide bonds. The maximum atomic E-state index is 14.3. The molecule has 1 aliphatic carbocycles. The predicted molar refractivity (Wildman–Crippen MR) is 247 cm³/mol. The lowest BCUT2D eigenvalue weighted by molar-refractivity contribution is -0.145. The molecule has 0 radical (unpaired) electrons. The normalized spacial score (nSPS) is 17.2. The number of benzene rings is 2. The number of aliphatic hydroxyl groups excluding tert-OH is 1. The topological polar surface area (TPSA) is 197 Å². The molecule has 7 atom stereocenters. The maximum Gasteiger partial charge on any atom is 0.328 e. The molecule has 0 spiro atoms. The first kappa shape index (κ1) is 53.0. The molecule has 2 aromatic rings. The molecule has 0 aliphatic heterocycles. The van der Waals surface area contributed by atoms with Crippen molar-refractivity contribution in [1.82, 2.24) is 21.3 Å². The SMILES string of the molecule is COC(=O)C(Cc1ccccc1)NC(=O)[C@@H](NC(=O)[C@@H](C[C@H](O)[C@H](CC1CCCCC1)NC(=O)[C@@H](NC(=O)[C@H](Cc1ccccc1)CS(=O)(=O)C(C)(C)C)C(C)C)C(C)C)C(C)C. The minimum absolute atomic E-state index is 0.0189. The minimum atomic E-state index is -3.72. The number of hydrogen-bond acceptors (Lipinski definition) is 9. The zero-order valence-electron chi connectivity index (χ0n) is 39.3. The van der Waals surface area contributed by atoms with Gasteiger partial charge in [0.15, 0.2) is 9.84 Å². The first-order valence-electron chi connectivity index (χ1n) is 22.8. The number of rotatable bonds is 23. The van der Waals surface area contributed by atoms with E-state index in [0.29, 0.717) is 6.42 Å². The first-order valence-corrected chi connectivity index (χ1v) is 24.5. The number of amides is 4. The van der Waals surface area contributed by atoms with Gasteiger partial charge in [-0.15, -0.1) is 0 Å². The number of esters is 1. The van der Waals surface area contributed by atoms with Crippen LogP contribution in [-0.4, -0.2) is 91.0 Å². The van der Waals surface area contributed by atoms with Crippen LogP contribution in [0.5, 0.6) is 0 Å². The van der Waals surface area contributed by atoms with Crippen molar-refractivity contribution in [2.75, 3.05) is 12.9 Å². The van der Waals surface area contributed by atoms with Crippen LogP contribution in [0.4, 0.5) is 0 Å². The van der Waals surface area contributed by atoms with Crippen molar-refractivity contribution in [2.24, 2.45) is 35.5 Å². The second-order valence-corrected chi connectivity index (χ2v) is 22.3. The molecule has 2 aromatic carbocycles. The van der Waals surface area contributed by atoms with E-state index in [0.717, 1.165) is 43.2 Å². The van der Waals surface area contributed by atoms with E-state index in [9.17, 15) is 37.5 Å². The summed E-state index contributed by atoms with van der Waals surface area (Å²) in [6, 6.07) is 14.6. The Morgan fingerprint density at radius 2 is 1.17 bits per heavy atom. The number of ether oxygens (including phenoxy) is 1. The van der Waals surface area contributed by atoms with Gasteiger partial charge in [0.1, 0.15) is 18.1 Å². The van der Waals surface area contributed by atoms with E-state index in [1.807, 2.05) is 74.5 Å². The van der Waals surface area contributed by atoms with E-state index >= 15 is 0 Å². The van der Waals surface area contributed by atoms with Crippen molar-refractivity contribution in [3.05, 3.63) is 71.8 Å². The van der Waals surface area contributed by atoms with E-state index in [2.05, 4.69) is 21.3 Å². The number of nitrogens with one attached hydrogen (secondary N) is 4. The fourth-order valence-corrected chi connectivity index (χ4v) is 9.46. The zero-order chi connectivity index (χ0) is 47.1. The summed E-state index contributed by atoms with van der Waals surface area (Å²) < 4.78 is 30.7. The molecule has 0 aromatic heterocycles. The molecule has 1 aliphatic rings. The predicted octanol–water partition coefficient (Wildman–Crippen LogP) is 5.72. The highest BCUT2D eigenvalue weighted by Crippen LogP contribution is 2.30. The van der Waals surface area contributed by atoms with Gasteiger partial charge in [-0.1, -0.05) is 134 Å². The Kier molecular flexibility index (Phi) is 20.8. The third-order valence-corrected chi connectivity index (χ3v) is 15.1. The average Bonchev–Trinajstić information content (AvgIpc) is 3.22. The lowest BCUT2D eigenvalue weighted by Gasteiger charge is -2.34. The van der Waals surface area contributed by atoms with Crippen LogP contribution in [0, 0.1) is 35.5 Å². The molecular weight excluding hydrogens is 821 g/mol. The van der Waals surface area contributed by atoms with Crippen LogP contribution in [0.15, 0.2) is 60.7 Å². The maximum absolute atomic E-state index is 14.3. The van der Waals surface area contributed by atoms with Crippen molar-refractivity contribution >= 4 is 39.4 Å². The Balaban J connectivity index is 1.84. The monoisotopic (exact) mass is 897 g/mol. The highest BCUT2D eigenvalue weighted by molar-refractivity contribution is 7.92. The molecule has 14 heteroatoms. The molecule has 0 saturated heterocycles. The minimum Gasteiger partial charge on any atom is -0.467 e. The molecule has 5 N–H and O–H groups in total. The number of methoxy groups -OCH3 is 1. The fourth-order valence-electron chi connectivity index (χ4n) is 8.16. The van der Waals surface area contributed by atoms with Gasteiger partial charge in [-0.05, 0) is 74.8 Å². The van der Waals surface area contributed by atoms with Gasteiger partial charge in [0.25, 0.3) is 0 Å².